The number of nitrogens with zero attached hydrogens (tertiary/aromatic N) is 2. The van der Waals surface area contributed by atoms with Crippen molar-refractivity contribution < 1.29 is 14.3 Å². The molecule has 0 radical (unpaired) electrons. The third-order valence-corrected chi connectivity index (χ3v) is 6.23. The molecular formula is C30H33N3O3. The molecule has 3 aromatic carbocycles. The first kappa shape index (κ1) is 25.2. The second kappa shape index (κ2) is 12.7. The average molecular weight is 484 g/mol. The Morgan fingerprint density at radius 3 is 2.19 bits per heavy atom. The number of hydrogen-bond acceptors (Lipinski definition) is 4. The van der Waals surface area contributed by atoms with E-state index in [-0.39, 0.29) is 18.2 Å². The lowest BCUT2D eigenvalue weighted by molar-refractivity contribution is -0.137. The van der Waals surface area contributed by atoms with Crippen molar-refractivity contribution in [2.45, 2.75) is 19.5 Å². The van der Waals surface area contributed by atoms with Gasteiger partial charge in [0, 0.05) is 44.8 Å². The fraction of sp³-hybridized carbons (Fsp3) is 0.267. The largest absolute Gasteiger partial charge is 0.490 e. The van der Waals surface area contributed by atoms with E-state index in [1.807, 2.05) is 53.4 Å². The summed E-state index contributed by atoms with van der Waals surface area (Å²) in [5.41, 5.74) is 2.96. The summed E-state index contributed by atoms with van der Waals surface area (Å²) in [5, 5.41) is 2.94. The maximum atomic E-state index is 13.6. The molecule has 1 saturated heterocycles. The van der Waals surface area contributed by atoms with Gasteiger partial charge in [0.15, 0.2) is 0 Å². The van der Waals surface area contributed by atoms with Crippen LogP contribution in [0.25, 0.3) is 0 Å². The van der Waals surface area contributed by atoms with Gasteiger partial charge in [-0.25, -0.2) is 0 Å². The van der Waals surface area contributed by atoms with Gasteiger partial charge >= 0.3 is 0 Å². The van der Waals surface area contributed by atoms with Gasteiger partial charge in [-0.15, -0.1) is 0 Å². The van der Waals surface area contributed by atoms with Crippen molar-refractivity contribution in [2.75, 3.05) is 31.6 Å². The summed E-state index contributed by atoms with van der Waals surface area (Å²) in [6.07, 6.45) is 1.81. The third kappa shape index (κ3) is 7.30. The van der Waals surface area contributed by atoms with E-state index in [2.05, 4.69) is 28.9 Å². The van der Waals surface area contributed by atoms with Crippen LogP contribution in [0.4, 0.5) is 5.69 Å². The van der Waals surface area contributed by atoms with Gasteiger partial charge in [-0.2, -0.15) is 0 Å². The lowest BCUT2D eigenvalue weighted by atomic mass is 10.0. The summed E-state index contributed by atoms with van der Waals surface area (Å²) in [7, 11) is 0. The fourth-order valence-electron chi connectivity index (χ4n) is 4.43. The molecule has 0 bridgehead atoms. The number of rotatable bonds is 10. The zero-order valence-electron chi connectivity index (χ0n) is 20.5. The lowest BCUT2D eigenvalue weighted by Crippen LogP contribution is -2.37. The molecule has 1 aliphatic rings. The van der Waals surface area contributed by atoms with Crippen molar-refractivity contribution in [3.8, 4) is 5.75 Å². The predicted molar refractivity (Wildman–Crippen MR) is 142 cm³/mol. The zero-order valence-corrected chi connectivity index (χ0v) is 20.5. The van der Waals surface area contributed by atoms with Gasteiger partial charge in [0.2, 0.25) is 11.8 Å². The van der Waals surface area contributed by atoms with Gasteiger partial charge in [0.1, 0.15) is 12.4 Å². The number of nitrogens with one attached hydrogen (secondary N) is 1. The number of benzene rings is 3. The number of anilines is 1. The number of ether oxygens (including phenoxy) is 1. The molecule has 0 saturated carbocycles. The van der Waals surface area contributed by atoms with Gasteiger partial charge in [0.05, 0.1) is 5.92 Å². The van der Waals surface area contributed by atoms with Crippen LogP contribution in [0.15, 0.2) is 97.6 Å². The van der Waals surface area contributed by atoms with Gasteiger partial charge in [0.25, 0.3) is 0 Å². The highest BCUT2D eigenvalue weighted by Crippen LogP contribution is 2.21. The van der Waals surface area contributed by atoms with Crippen LogP contribution in [-0.2, 0) is 22.7 Å². The first-order chi connectivity index (χ1) is 17.6. The van der Waals surface area contributed by atoms with Crippen molar-refractivity contribution in [3.63, 3.8) is 0 Å². The lowest BCUT2D eigenvalue weighted by Gasteiger charge is -2.24. The third-order valence-electron chi connectivity index (χ3n) is 6.23. The molecule has 186 valence electrons. The molecule has 6 nitrogen and oxygen atoms in total. The molecular weight excluding hydrogens is 450 g/mol. The summed E-state index contributed by atoms with van der Waals surface area (Å²) in [6.45, 7) is 7.29. The van der Waals surface area contributed by atoms with Crippen LogP contribution in [0.3, 0.4) is 0 Å². The molecule has 0 aliphatic carbocycles. The normalized spacial score (nSPS) is 16.3. The quantitative estimate of drug-likeness (QED) is 0.423. The van der Waals surface area contributed by atoms with E-state index in [9.17, 15) is 9.59 Å². The molecule has 1 heterocycles. The Morgan fingerprint density at radius 2 is 1.56 bits per heavy atom. The van der Waals surface area contributed by atoms with Gasteiger partial charge < -0.3 is 15.0 Å². The molecule has 4 rings (SSSR count). The molecule has 1 N–H and O–H groups in total. The summed E-state index contributed by atoms with van der Waals surface area (Å²) < 4.78 is 5.50. The minimum atomic E-state index is -0.421. The van der Waals surface area contributed by atoms with Crippen molar-refractivity contribution in [2.24, 2.45) is 5.92 Å². The minimum absolute atomic E-state index is 0.0257. The van der Waals surface area contributed by atoms with E-state index < -0.39 is 5.92 Å². The molecule has 6 heteroatoms. The summed E-state index contributed by atoms with van der Waals surface area (Å²) >= 11 is 0. The Morgan fingerprint density at radius 1 is 0.917 bits per heavy atom. The highest BCUT2D eigenvalue weighted by molar-refractivity contribution is 5.94. The average Bonchev–Trinajstić information content (AvgIpc) is 3.03. The molecule has 1 atom stereocenters. The SMILES string of the molecule is C=CCOc1ccc(NC(=O)CC2CN(Cc3ccccc3)CCN(Cc3ccccc3)C2=O)cc1. The highest BCUT2D eigenvalue weighted by atomic mass is 16.5. The Labute approximate surface area is 213 Å². The van der Waals surface area contributed by atoms with Crippen LogP contribution in [0.2, 0.25) is 0 Å². The Balaban J connectivity index is 1.44. The summed E-state index contributed by atoms with van der Waals surface area (Å²) in [5.74, 6) is 0.141. The van der Waals surface area contributed by atoms with Gasteiger partial charge in [-0.1, -0.05) is 73.3 Å². The van der Waals surface area contributed by atoms with Crippen molar-refractivity contribution >= 4 is 17.5 Å². The second-order valence-corrected chi connectivity index (χ2v) is 9.04. The Bertz CT molecular complexity index is 1130. The molecule has 1 unspecified atom stereocenters. The maximum Gasteiger partial charge on any atom is 0.227 e. The molecule has 0 aromatic heterocycles. The number of carbonyl (C=O) groups excluding carboxylic acids is 2. The first-order valence-electron chi connectivity index (χ1n) is 12.3. The van der Waals surface area contributed by atoms with Crippen LogP contribution < -0.4 is 10.1 Å². The van der Waals surface area contributed by atoms with Crippen LogP contribution in [0.1, 0.15) is 17.5 Å². The van der Waals surface area contributed by atoms with E-state index >= 15 is 0 Å². The fourth-order valence-corrected chi connectivity index (χ4v) is 4.43. The first-order valence-corrected chi connectivity index (χ1v) is 12.3. The van der Waals surface area contributed by atoms with Gasteiger partial charge in [-0.05, 0) is 35.4 Å². The molecule has 36 heavy (non-hydrogen) atoms. The van der Waals surface area contributed by atoms with Crippen molar-refractivity contribution in [1.29, 1.82) is 0 Å². The number of carbonyl (C=O) groups is 2. The number of hydrogen-bond donors (Lipinski definition) is 1. The topological polar surface area (TPSA) is 61.9 Å². The van der Waals surface area contributed by atoms with Gasteiger partial charge in [-0.3, -0.25) is 14.5 Å². The molecule has 1 aliphatic heterocycles. The standard InChI is InChI=1S/C30H33N3O3/c1-2-19-36-28-15-13-27(14-16-28)31-29(34)20-26-23-32(21-24-9-5-3-6-10-24)17-18-33(30(26)35)22-25-11-7-4-8-12-25/h2-16,26H,1,17-23H2,(H,31,34). The van der Waals surface area contributed by atoms with E-state index in [0.717, 1.165) is 18.7 Å². The van der Waals surface area contributed by atoms with E-state index in [1.54, 1.807) is 30.3 Å². The molecule has 0 spiro atoms. The van der Waals surface area contributed by atoms with E-state index in [0.29, 0.717) is 37.7 Å². The summed E-state index contributed by atoms with van der Waals surface area (Å²) in [6, 6.07) is 27.5. The highest BCUT2D eigenvalue weighted by Gasteiger charge is 2.32. The second-order valence-electron chi connectivity index (χ2n) is 9.04. The van der Waals surface area contributed by atoms with E-state index in [4.69, 9.17) is 4.74 Å². The number of amides is 2. The Hall–Kier alpha value is -3.90. The Kier molecular flexibility index (Phi) is 8.89. The zero-order chi connectivity index (χ0) is 25.2. The monoisotopic (exact) mass is 483 g/mol. The smallest absolute Gasteiger partial charge is 0.227 e. The molecule has 1 fully saturated rings. The van der Waals surface area contributed by atoms with E-state index in [1.165, 1.54) is 5.56 Å². The van der Waals surface area contributed by atoms with Crippen LogP contribution in [-0.4, -0.2) is 47.9 Å². The molecule has 3 aromatic rings. The summed E-state index contributed by atoms with van der Waals surface area (Å²) in [4.78, 5) is 30.7. The van der Waals surface area contributed by atoms with Crippen LogP contribution in [0, 0.1) is 5.92 Å². The maximum absolute atomic E-state index is 13.6. The predicted octanol–water partition coefficient (Wildman–Crippen LogP) is 4.74. The van der Waals surface area contributed by atoms with Crippen molar-refractivity contribution in [1.82, 2.24) is 9.80 Å². The van der Waals surface area contributed by atoms with Crippen LogP contribution >= 0.6 is 0 Å². The molecule has 2 amide bonds. The van der Waals surface area contributed by atoms with Crippen molar-refractivity contribution in [3.05, 3.63) is 109 Å². The van der Waals surface area contributed by atoms with Crippen LogP contribution in [0.5, 0.6) is 5.75 Å². The minimum Gasteiger partial charge on any atom is -0.490 e.